The molecule has 0 aliphatic rings. The number of aromatic nitrogens is 2. The van der Waals surface area contributed by atoms with Crippen molar-refractivity contribution in [3.8, 4) is 11.8 Å². The molecule has 1 unspecified atom stereocenters. The molecule has 21 heavy (non-hydrogen) atoms. The Morgan fingerprint density at radius 2 is 1.95 bits per heavy atom. The predicted octanol–water partition coefficient (Wildman–Crippen LogP) is 3.11. The summed E-state index contributed by atoms with van der Waals surface area (Å²) in [5.74, 6) is 0.743. The fraction of sp³-hybridized carbons (Fsp3) is 0.286. The van der Waals surface area contributed by atoms with Gasteiger partial charge in [-0.1, -0.05) is 35.3 Å². The van der Waals surface area contributed by atoms with Gasteiger partial charge < -0.3 is 14.8 Å². The van der Waals surface area contributed by atoms with Gasteiger partial charge in [0.05, 0.1) is 36.5 Å². The predicted molar refractivity (Wildman–Crippen MR) is 82.5 cm³/mol. The van der Waals surface area contributed by atoms with Crippen LogP contribution in [-0.4, -0.2) is 31.2 Å². The maximum Gasteiger partial charge on any atom is 0.240 e. The molecule has 0 saturated heterocycles. The smallest absolute Gasteiger partial charge is 0.240 e. The molecule has 1 atom stereocenters. The average Bonchev–Trinajstić information content (AvgIpc) is 2.52. The van der Waals surface area contributed by atoms with Crippen molar-refractivity contribution >= 4 is 23.2 Å². The third-order valence-electron chi connectivity index (χ3n) is 3.00. The second kappa shape index (κ2) is 6.93. The van der Waals surface area contributed by atoms with E-state index in [9.17, 15) is 0 Å². The van der Waals surface area contributed by atoms with Crippen LogP contribution in [0, 0.1) is 0 Å². The van der Waals surface area contributed by atoms with E-state index in [4.69, 9.17) is 32.7 Å². The first-order chi connectivity index (χ1) is 10.1. The van der Waals surface area contributed by atoms with Crippen LogP contribution in [0.5, 0.6) is 11.8 Å². The van der Waals surface area contributed by atoms with Crippen LogP contribution in [0.3, 0.4) is 0 Å². The van der Waals surface area contributed by atoms with Crippen LogP contribution in [0.15, 0.2) is 24.4 Å². The lowest BCUT2D eigenvalue weighted by atomic mass is 10.0. The second-order valence-corrected chi connectivity index (χ2v) is 4.96. The van der Waals surface area contributed by atoms with Crippen LogP contribution in [0.2, 0.25) is 10.0 Å². The van der Waals surface area contributed by atoms with E-state index in [-0.39, 0.29) is 6.04 Å². The number of nitrogens with zero attached hydrogens (tertiary/aromatic N) is 2. The molecule has 1 heterocycles. The van der Waals surface area contributed by atoms with E-state index in [2.05, 4.69) is 15.3 Å². The van der Waals surface area contributed by atoms with Crippen molar-refractivity contribution in [2.24, 2.45) is 0 Å². The molecule has 5 nitrogen and oxygen atoms in total. The third kappa shape index (κ3) is 3.20. The van der Waals surface area contributed by atoms with E-state index in [1.807, 2.05) is 12.1 Å². The van der Waals surface area contributed by atoms with Gasteiger partial charge in [-0.05, 0) is 18.7 Å². The van der Waals surface area contributed by atoms with Gasteiger partial charge in [0.2, 0.25) is 11.8 Å². The largest absolute Gasteiger partial charge is 0.480 e. The molecular weight excluding hydrogens is 313 g/mol. The molecule has 0 aliphatic heterocycles. The fourth-order valence-electron chi connectivity index (χ4n) is 2.00. The SMILES string of the molecule is CNC(c1cccc(Cl)c1Cl)c1ncc(OC)nc1OC. The van der Waals surface area contributed by atoms with Crippen LogP contribution in [-0.2, 0) is 0 Å². The molecule has 0 saturated carbocycles. The maximum atomic E-state index is 6.29. The van der Waals surface area contributed by atoms with Crippen molar-refractivity contribution in [1.29, 1.82) is 0 Å². The Hall–Kier alpha value is -1.56. The number of benzene rings is 1. The lowest BCUT2D eigenvalue weighted by molar-refractivity contribution is 0.353. The highest BCUT2D eigenvalue weighted by atomic mass is 35.5. The van der Waals surface area contributed by atoms with Crippen molar-refractivity contribution in [2.75, 3.05) is 21.3 Å². The molecule has 0 fully saturated rings. The summed E-state index contributed by atoms with van der Waals surface area (Å²) in [6, 6.07) is 5.14. The van der Waals surface area contributed by atoms with Crippen LogP contribution >= 0.6 is 23.2 Å². The summed E-state index contributed by atoms with van der Waals surface area (Å²) < 4.78 is 10.3. The highest BCUT2D eigenvalue weighted by molar-refractivity contribution is 6.42. The molecular formula is C14H15Cl2N3O2. The van der Waals surface area contributed by atoms with Gasteiger partial charge in [0.25, 0.3) is 0 Å². The van der Waals surface area contributed by atoms with Gasteiger partial charge in [-0.3, -0.25) is 0 Å². The zero-order chi connectivity index (χ0) is 15.4. The number of methoxy groups -OCH3 is 2. The minimum absolute atomic E-state index is 0.301. The van der Waals surface area contributed by atoms with Gasteiger partial charge in [-0.15, -0.1) is 0 Å². The zero-order valence-electron chi connectivity index (χ0n) is 11.9. The number of rotatable bonds is 5. The second-order valence-electron chi connectivity index (χ2n) is 4.17. The quantitative estimate of drug-likeness (QED) is 0.914. The summed E-state index contributed by atoms with van der Waals surface area (Å²) in [5.41, 5.74) is 1.40. The fourth-order valence-corrected chi connectivity index (χ4v) is 2.41. The van der Waals surface area contributed by atoms with Gasteiger partial charge >= 0.3 is 0 Å². The normalized spacial score (nSPS) is 12.0. The summed E-state index contributed by atoms with van der Waals surface area (Å²) in [7, 11) is 4.85. The molecule has 112 valence electrons. The van der Waals surface area contributed by atoms with E-state index in [0.717, 1.165) is 5.56 Å². The minimum atomic E-state index is -0.301. The first kappa shape index (κ1) is 15.8. The zero-order valence-corrected chi connectivity index (χ0v) is 13.4. The monoisotopic (exact) mass is 327 g/mol. The number of hydrogen-bond donors (Lipinski definition) is 1. The van der Waals surface area contributed by atoms with Crippen LogP contribution in [0.4, 0.5) is 0 Å². The highest BCUT2D eigenvalue weighted by Crippen LogP contribution is 2.35. The Morgan fingerprint density at radius 1 is 1.19 bits per heavy atom. The van der Waals surface area contributed by atoms with Crippen molar-refractivity contribution < 1.29 is 9.47 Å². The van der Waals surface area contributed by atoms with Crippen LogP contribution in [0.25, 0.3) is 0 Å². The number of ether oxygens (including phenoxy) is 2. The van der Waals surface area contributed by atoms with Gasteiger partial charge in [0, 0.05) is 0 Å². The molecule has 0 amide bonds. The van der Waals surface area contributed by atoms with Crippen molar-refractivity contribution in [3.63, 3.8) is 0 Å². The summed E-state index contributed by atoms with van der Waals surface area (Å²) in [6.45, 7) is 0. The molecule has 0 aliphatic carbocycles. The van der Waals surface area contributed by atoms with E-state index in [0.29, 0.717) is 27.5 Å². The van der Waals surface area contributed by atoms with Gasteiger partial charge in [-0.2, -0.15) is 4.98 Å². The number of hydrogen-bond acceptors (Lipinski definition) is 5. The summed E-state index contributed by atoms with van der Waals surface area (Å²) in [6.07, 6.45) is 1.53. The van der Waals surface area contributed by atoms with Crippen molar-refractivity contribution in [3.05, 3.63) is 45.7 Å². The minimum Gasteiger partial charge on any atom is -0.480 e. The first-order valence-corrected chi connectivity index (χ1v) is 6.94. The molecule has 1 aromatic carbocycles. The van der Waals surface area contributed by atoms with Gasteiger partial charge in [0.15, 0.2) is 0 Å². The Kier molecular flexibility index (Phi) is 5.22. The van der Waals surface area contributed by atoms with Crippen molar-refractivity contribution in [1.82, 2.24) is 15.3 Å². The summed E-state index contributed by atoms with van der Waals surface area (Å²) in [4.78, 5) is 8.60. The van der Waals surface area contributed by atoms with Crippen LogP contribution in [0.1, 0.15) is 17.3 Å². The Labute approximate surface area is 133 Å². The summed E-state index contributed by atoms with van der Waals surface area (Å²) >= 11 is 12.4. The Balaban J connectivity index is 2.53. The average molecular weight is 328 g/mol. The first-order valence-electron chi connectivity index (χ1n) is 6.18. The molecule has 7 heteroatoms. The third-order valence-corrected chi connectivity index (χ3v) is 3.84. The highest BCUT2D eigenvalue weighted by Gasteiger charge is 2.23. The number of nitrogens with one attached hydrogen (secondary N) is 1. The van der Waals surface area contributed by atoms with E-state index in [1.54, 1.807) is 13.1 Å². The summed E-state index contributed by atoms with van der Waals surface area (Å²) in [5, 5.41) is 4.10. The van der Waals surface area contributed by atoms with E-state index < -0.39 is 0 Å². The molecule has 2 aromatic rings. The maximum absolute atomic E-state index is 6.29. The molecule has 0 radical (unpaired) electrons. The standard InChI is InChI=1S/C14H15Cl2N3O2/c1-17-12(8-5-4-6-9(15)11(8)16)13-14(21-3)19-10(20-2)7-18-13/h4-7,12,17H,1-3H3. The lowest BCUT2D eigenvalue weighted by Crippen LogP contribution is -2.20. The van der Waals surface area contributed by atoms with Crippen molar-refractivity contribution in [2.45, 2.75) is 6.04 Å². The van der Waals surface area contributed by atoms with E-state index >= 15 is 0 Å². The van der Waals surface area contributed by atoms with Crippen LogP contribution < -0.4 is 14.8 Å². The lowest BCUT2D eigenvalue weighted by Gasteiger charge is -2.19. The molecule has 0 bridgehead atoms. The van der Waals surface area contributed by atoms with Gasteiger partial charge in [0.1, 0.15) is 5.69 Å². The van der Waals surface area contributed by atoms with Gasteiger partial charge in [-0.25, -0.2) is 4.98 Å². The van der Waals surface area contributed by atoms with E-state index in [1.165, 1.54) is 20.4 Å². The Morgan fingerprint density at radius 3 is 2.57 bits per heavy atom. The molecule has 1 N–H and O–H groups in total. The Bertz CT molecular complexity index is 638. The number of halogens is 2. The molecule has 0 spiro atoms. The molecule has 1 aromatic heterocycles. The topological polar surface area (TPSA) is 56.3 Å². The molecule has 2 rings (SSSR count).